The summed E-state index contributed by atoms with van der Waals surface area (Å²) in [5.41, 5.74) is 7.20. The number of hydrogen-bond acceptors (Lipinski definition) is 0. The molecule has 0 heterocycles. The second kappa shape index (κ2) is 4.38. The molecule has 96 valence electrons. The van der Waals surface area contributed by atoms with E-state index in [-0.39, 0.29) is 5.41 Å². The summed E-state index contributed by atoms with van der Waals surface area (Å²) in [5.74, 6) is 0. The maximum absolute atomic E-state index is 2.38. The van der Waals surface area contributed by atoms with E-state index < -0.39 is 0 Å². The summed E-state index contributed by atoms with van der Waals surface area (Å²) in [6.07, 6.45) is 3.41. The molecule has 2 aromatic rings. The van der Waals surface area contributed by atoms with E-state index in [0.29, 0.717) is 0 Å². The third-order valence-electron chi connectivity index (χ3n) is 3.88. The van der Waals surface area contributed by atoms with Crippen LogP contribution in [-0.4, -0.2) is 0 Å². The standard InChI is InChI=1S/C19H20/c1-19(2,3)16-11-9-15-10-12-17(18(15)13-16)14-7-5-4-6-8-14/h4-9,11-13H,10H2,1-3H3. The summed E-state index contributed by atoms with van der Waals surface area (Å²) in [6, 6.07) is 17.6. The van der Waals surface area contributed by atoms with Crippen LogP contribution >= 0.6 is 0 Å². The molecular formula is C19H20. The molecule has 0 saturated carbocycles. The molecule has 1 aliphatic carbocycles. The lowest BCUT2D eigenvalue weighted by Gasteiger charge is -2.20. The highest BCUT2D eigenvalue weighted by Gasteiger charge is 2.20. The molecule has 0 aromatic heterocycles. The SMILES string of the molecule is CC(C)(C)c1ccc2c(c1)C(c1ccccc1)=CC2. The number of allylic oxidation sites excluding steroid dienone is 1. The normalized spacial score (nSPS) is 14.2. The van der Waals surface area contributed by atoms with Crippen molar-refractivity contribution in [2.45, 2.75) is 32.6 Å². The number of hydrogen-bond donors (Lipinski definition) is 0. The second-order valence-corrected chi connectivity index (χ2v) is 6.31. The smallest absolute Gasteiger partial charge is 0.00819 e. The fourth-order valence-electron chi connectivity index (χ4n) is 2.68. The molecular weight excluding hydrogens is 228 g/mol. The molecule has 0 heteroatoms. The number of fused-ring (bicyclic) bond motifs is 1. The minimum absolute atomic E-state index is 0.208. The van der Waals surface area contributed by atoms with Crippen LogP contribution < -0.4 is 0 Å². The molecule has 0 unspecified atom stereocenters. The van der Waals surface area contributed by atoms with Crippen LogP contribution in [0.4, 0.5) is 0 Å². The summed E-state index contributed by atoms with van der Waals surface area (Å²) in [5, 5.41) is 0. The first-order valence-corrected chi connectivity index (χ1v) is 6.95. The molecule has 0 radical (unpaired) electrons. The van der Waals surface area contributed by atoms with E-state index in [0.717, 1.165) is 6.42 Å². The first-order chi connectivity index (χ1) is 9.05. The Morgan fingerprint density at radius 2 is 1.63 bits per heavy atom. The maximum Gasteiger partial charge on any atom is -0.00819 e. The summed E-state index contributed by atoms with van der Waals surface area (Å²) >= 11 is 0. The molecule has 0 aliphatic heterocycles. The van der Waals surface area contributed by atoms with Gasteiger partial charge in [0.25, 0.3) is 0 Å². The van der Waals surface area contributed by atoms with E-state index in [1.165, 1.54) is 27.8 Å². The highest BCUT2D eigenvalue weighted by molar-refractivity contribution is 5.84. The fourth-order valence-corrected chi connectivity index (χ4v) is 2.68. The average Bonchev–Trinajstić information content (AvgIpc) is 2.81. The van der Waals surface area contributed by atoms with E-state index in [1.54, 1.807) is 0 Å². The maximum atomic E-state index is 2.38. The van der Waals surface area contributed by atoms with Crippen molar-refractivity contribution in [3.05, 3.63) is 76.9 Å². The molecule has 0 fully saturated rings. The molecule has 1 aliphatic rings. The molecule has 0 N–H and O–H groups in total. The first kappa shape index (κ1) is 12.2. The van der Waals surface area contributed by atoms with Crippen LogP contribution in [0.15, 0.2) is 54.6 Å². The average molecular weight is 248 g/mol. The molecule has 0 saturated heterocycles. The van der Waals surface area contributed by atoms with Gasteiger partial charge in [-0.15, -0.1) is 0 Å². The molecule has 2 aromatic carbocycles. The quantitative estimate of drug-likeness (QED) is 0.668. The summed E-state index contributed by atoms with van der Waals surface area (Å²) in [7, 11) is 0. The van der Waals surface area contributed by atoms with Gasteiger partial charge in [0, 0.05) is 0 Å². The van der Waals surface area contributed by atoms with Crippen LogP contribution in [0.25, 0.3) is 5.57 Å². The molecule has 0 amide bonds. The zero-order valence-corrected chi connectivity index (χ0v) is 11.9. The van der Waals surface area contributed by atoms with Crippen molar-refractivity contribution in [2.75, 3.05) is 0 Å². The van der Waals surface area contributed by atoms with E-state index in [4.69, 9.17) is 0 Å². The minimum atomic E-state index is 0.208. The Labute approximate surface area is 115 Å². The molecule has 19 heavy (non-hydrogen) atoms. The summed E-state index contributed by atoms with van der Waals surface area (Å²) in [4.78, 5) is 0. The van der Waals surface area contributed by atoms with Gasteiger partial charge in [0.2, 0.25) is 0 Å². The van der Waals surface area contributed by atoms with Crippen molar-refractivity contribution < 1.29 is 0 Å². The van der Waals surface area contributed by atoms with Crippen molar-refractivity contribution in [1.82, 2.24) is 0 Å². The van der Waals surface area contributed by atoms with Crippen LogP contribution in [0.3, 0.4) is 0 Å². The second-order valence-electron chi connectivity index (χ2n) is 6.31. The largest absolute Gasteiger partial charge is 0.0716 e. The fraction of sp³-hybridized carbons (Fsp3) is 0.263. The van der Waals surface area contributed by atoms with Crippen LogP contribution in [0.1, 0.15) is 43.0 Å². The van der Waals surface area contributed by atoms with Gasteiger partial charge in [-0.2, -0.15) is 0 Å². The van der Waals surface area contributed by atoms with Crippen molar-refractivity contribution in [3.63, 3.8) is 0 Å². The summed E-state index contributed by atoms with van der Waals surface area (Å²) < 4.78 is 0. The molecule has 3 rings (SSSR count). The topological polar surface area (TPSA) is 0 Å². The van der Waals surface area contributed by atoms with Crippen molar-refractivity contribution in [1.29, 1.82) is 0 Å². The van der Waals surface area contributed by atoms with E-state index in [2.05, 4.69) is 75.4 Å². The molecule has 0 nitrogen and oxygen atoms in total. The van der Waals surface area contributed by atoms with Gasteiger partial charge in [-0.1, -0.05) is 75.4 Å². The van der Waals surface area contributed by atoms with Gasteiger partial charge in [-0.3, -0.25) is 0 Å². The highest BCUT2D eigenvalue weighted by atomic mass is 14.2. The third-order valence-corrected chi connectivity index (χ3v) is 3.88. The van der Waals surface area contributed by atoms with Gasteiger partial charge in [0.1, 0.15) is 0 Å². The van der Waals surface area contributed by atoms with E-state index >= 15 is 0 Å². The predicted molar refractivity (Wildman–Crippen MR) is 82.4 cm³/mol. The van der Waals surface area contributed by atoms with Crippen LogP contribution in [0.2, 0.25) is 0 Å². The van der Waals surface area contributed by atoms with Crippen molar-refractivity contribution in [2.24, 2.45) is 0 Å². The Morgan fingerprint density at radius 3 is 2.32 bits per heavy atom. The summed E-state index contributed by atoms with van der Waals surface area (Å²) in [6.45, 7) is 6.82. The van der Waals surface area contributed by atoms with Crippen LogP contribution in [0.5, 0.6) is 0 Å². The zero-order valence-electron chi connectivity index (χ0n) is 11.9. The first-order valence-electron chi connectivity index (χ1n) is 6.95. The van der Waals surface area contributed by atoms with E-state index in [9.17, 15) is 0 Å². The molecule has 0 bridgehead atoms. The Bertz CT molecular complexity index is 625. The monoisotopic (exact) mass is 248 g/mol. The van der Waals surface area contributed by atoms with Gasteiger partial charge < -0.3 is 0 Å². The van der Waals surface area contributed by atoms with Gasteiger partial charge in [-0.05, 0) is 39.7 Å². The highest BCUT2D eigenvalue weighted by Crippen LogP contribution is 2.35. The van der Waals surface area contributed by atoms with Gasteiger partial charge in [-0.25, -0.2) is 0 Å². The molecule has 0 atom stereocenters. The predicted octanol–water partition coefficient (Wildman–Crippen LogP) is 4.97. The lowest BCUT2D eigenvalue weighted by Crippen LogP contribution is -2.11. The van der Waals surface area contributed by atoms with Crippen LogP contribution in [0, 0.1) is 0 Å². The van der Waals surface area contributed by atoms with Gasteiger partial charge in [0.05, 0.1) is 0 Å². The van der Waals surface area contributed by atoms with E-state index in [1.807, 2.05) is 0 Å². The molecule has 0 spiro atoms. The lowest BCUT2D eigenvalue weighted by molar-refractivity contribution is 0.590. The third kappa shape index (κ3) is 2.23. The number of rotatable bonds is 1. The van der Waals surface area contributed by atoms with Crippen molar-refractivity contribution >= 4 is 5.57 Å². The zero-order chi connectivity index (χ0) is 13.5. The Morgan fingerprint density at radius 1 is 0.895 bits per heavy atom. The lowest BCUT2D eigenvalue weighted by atomic mass is 9.84. The van der Waals surface area contributed by atoms with Crippen molar-refractivity contribution in [3.8, 4) is 0 Å². The Hall–Kier alpha value is -1.82. The number of benzene rings is 2. The van der Waals surface area contributed by atoms with Crippen LogP contribution in [-0.2, 0) is 11.8 Å². The van der Waals surface area contributed by atoms with Gasteiger partial charge >= 0.3 is 0 Å². The Kier molecular flexibility index (Phi) is 2.82. The van der Waals surface area contributed by atoms with Gasteiger partial charge in [0.15, 0.2) is 0 Å². The Balaban J connectivity index is 2.08. The minimum Gasteiger partial charge on any atom is -0.0716 e.